The largest absolute Gasteiger partial charge is 0.385 e. The van der Waals surface area contributed by atoms with E-state index in [4.69, 9.17) is 0 Å². The molecule has 4 heteroatoms. The van der Waals surface area contributed by atoms with Crippen LogP contribution in [-0.4, -0.2) is 40.0 Å². The molecule has 1 aliphatic rings. The zero-order chi connectivity index (χ0) is 13.0. The molecule has 2 heterocycles. The van der Waals surface area contributed by atoms with Gasteiger partial charge in [-0.3, -0.25) is 9.88 Å². The van der Waals surface area contributed by atoms with Crippen molar-refractivity contribution in [3.8, 4) is 0 Å². The lowest BCUT2D eigenvalue weighted by Crippen LogP contribution is -2.42. The first-order chi connectivity index (χ1) is 8.59. The smallest absolute Gasteiger partial charge is 0.0564 e. The number of anilines is 1. The number of nitrogens with zero attached hydrogens (tertiary/aromatic N) is 2. The fraction of sp³-hybridized carbons (Fsp3) is 0.643. The number of hydrogen-bond donors (Lipinski definition) is 1. The van der Waals surface area contributed by atoms with Crippen molar-refractivity contribution in [3.63, 3.8) is 0 Å². The van der Waals surface area contributed by atoms with Crippen LogP contribution in [0.1, 0.15) is 26.5 Å². The first-order valence-electron chi connectivity index (χ1n) is 6.64. The Hall–Kier alpha value is -0.740. The zero-order valence-electron chi connectivity index (χ0n) is 11.6. The van der Waals surface area contributed by atoms with E-state index >= 15 is 0 Å². The van der Waals surface area contributed by atoms with Crippen LogP contribution in [0.4, 0.5) is 5.69 Å². The van der Waals surface area contributed by atoms with Crippen molar-refractivity contribution in [1.82, 2.24) is 9.88 Å². The molecule has 1 saturated heterocycles. The number of thioether (sulfide) groups is 1. The lowest BCUT2D eigenvalue weighted by Gasteiger charge is -2.37. The summed E-state index contributed by atoms with van der Waals surface area (Å²) >= 11 is 2.07. The summed E-state index contributed by atoms with van der Waals surface area (Å²) in [7, 11) is 0. The molecule has 2 rings (SSSR count). The second kappa shape index (κ2) is 5.93. The third-order valence-corrected chi connectivity index (χ3v) is 4.39. The highest BCUT2D eigenvalue weighted by Gasteiger charge is 2.26. The lowest BCUT2D eigenvalue weighted by molar-refractivity contribution is 0.250. The first kappa shape index (κ1) is 13.7. The van der Waals surface area contributed by atoms with Crippen LogP contribution in [0.25, 0.3) is 0 Å². The Morgan fingerprint density at radius 3 is 3.06 bits per heavy atom. The molecule has 1 fully saturated rings. The molecule has 100 valence electrons. The summed E-state index contributed by atoms with van der Waals surface area (Å²) in [6, 6.07) is 4.20. The zero-order valence-corrected chi connectivity index (χ0v) is 12.4. The summed E-state index contributed by atoms with van der Waals surface area (Å²) in [5.74, 6) is 1.22. The maximum Gasteiger partial charge on any atom is 0.0564 e. The fourth-order valence-corrected chi connectivity index (χ4v) is 3.53. The lowest BCUT2D eigenvalue weighted by atomic mass is 10.1. The number of aromatic nitrogens is 1. The summed E-state index contributed by atoms with van der Waals surface area (Å²) in [5, 5.41) is 3.34. The van der Waals surface area contributed by atoms with Crippen LogP contribution in [0.3, 0.4) is 0 Å². The minimum Gasteiger partial charge on any atom is -0.385 e. The molecule has 1 aromatic rings. The van der Waals surface area contributed by atoms with Gasteiger partial charge in [0.1, 0.15) is 0 Å². The molecule has 0 radical (unpaired) electrons. The van der Waals surface area contributed by atoms with Gasteiger partial charge < -0.3 is 5.32 Å². The van der Waals surface area contributed by atoms with Crippen LogP contribution in [0.15, 0.2) is 18.3 Å². The summed E-state index contributed by atoms with van der Waals surface area (Å²) in [4.78, 5) is 6.98. The molecule has 0 amide bonds. The van der Waals surface area contributed by atoms with E-state index in [0.717, 1.165) is 25.3 Å². The highest BCUT2D eigenvalue weighted by Crippen LogP contribution is 2.30. The normalized spacial score (nSPS) is 19.7. The Morgan fingerprint density at radius 1 is 1.50 bits per heavy atom. The van der Waals surface area contributed by atoms with E-state index in [0.29, 0.717) is 4.75 Å². The molecule has 0 aromatic carbocycles. The molecule has 0 bridgehead atoms. The SMILES string of the molecule is CCNc1ccnc(CN2CCSC(C)(C)C2)c1. The summed E-state index contributed by atoms with van der Waals surface area (Å²) in [5.41, 5.74) is 2.34. The second-order valence-corrected chi connectivity index (χ2v) is 7.19. The van der Waals surface area contributed by atoms with E-state index in [9.17, 15) is 0 Å². The van der Waals surface area contributed by atoms with Crippen LogP contribution in [0, 0.1) is 0 Å². The van der Waals surface area contributed by atoms with E-state index in [2.05, 4.69) is 53.8 Å². The fourth-order valence-electron chi connectivity index (χ4n) is 2.36. The Bertz CT molecular complexity index is 392. The van der Waals surface area contributed by atoms with Gasteiger partial charge in [0.15, 0.2) is 0 Å². The molecule has 18 heavy (non-hydrogen) atoms. The predicted octanol–water partition coefficient (Wildman–Crippen LogP) is 2.84. The maximum atomic E-state index is 4.48. The number of rotatable bonds is 4. The summed E-state index contributed by atoms with van der Waals surface area (Å²) < 4.78 is 0.373. The van der Waals surface area contributed by atoms with Crippen molar-refractivity contribution in [2.45, 2.75) is 32.1 Å². The Kier molecular flexibility index (Phi) is 4.51. The predicted molar refractivity (Wildman–Crippen MR) is 80.2 cm³/mol. The van der Waals surface area contributed by atoms with Gasteiger partial charge in [0, 0.05) is 48.6 Å². The van der Waals surface area contributed by atoms with Gasteiger partial charge in [-0.15, -0.1) is 0 Å². The molecule has 0 unspecified atom stereocenters. The minimum atomic E-state index is 0.373. The van der Waals surface area contributed by atoms with Crippen molar-refractivity contribution in [1.29, 1.82) is 0 Å². The van der Waals surface area contributed by atoms with Gasteiger partial charge in [-0.25, -0.2) is 0 Å². The van der Waals surface area contributed by atoms with E-state index < -0.39 is 0 Å². The van der Waals surface area contributed by atoms with E-state index in [1.807, 2.05) is 12.3 Å². The van der Waals surface area contributed by atoms with Crippen LogP contribution >= 0.6 is 11.8 Å². The average molecular weight is 265 g/mol. The van der Waals surface area contributed by atoms with Crippen LogP contribution in [0.2, 0.25) is 0 Å². The van der Waals surface area contributed by atoms with Gasteiger partial charge in [0.05, 0.1) is 5.69 Å². The van der Waals surface area contributed by atoms with Gasteiger partial charge in [0.2, 0.25) is 0 Å². The second-order valence-electron chi connectivity index (χ2n) is 5.38. The molecule has 0 spiro atoms. The molecule has 0 aliphatic carbocycles. The van der Waals surface area contributed by atoms with Crippen LogP contribution in [-0.2, 0) is 6.54 Å². The van der Waals surface area contributed by atoms with E-state index in [-0.39, 0.29) is 0 Å². The van der Waals surface area contributed by atoms with Gasteiger partial charge in [-0.1, -0.05) is 0 Å². The third-order valence-electron chi connectivity index (χ3n) is 3.09. The third kappa shape index (κ3) is 3.89. The van der Waals surface area contributed by atoms with E-state index in [1.54, 1.807) is 0 Å². The minimum absolute atomic E-state index is 0.373. The molecule has 0 saturated carbocycles. The molecular weight excluding hydrogens is 242 g/mol. The molecule has 1 N–H and O–H groups in total. The maximum absolute atomic E-state index is 4.48. The summed E-state index contributed by atoms with van der Waals surface area (Å²) in [6.07, 6.45) is 1.90. The molecule has 1 aliphatic heterocycles. The highest BCUT2D eigenvalue weighted by atomic mass is 32.2. The van der Waals surface area contributed by atoms with Crippen molar-refractivity contribution in [2.24, 2.45) is 0 Å². The number of nitrogens with one attached hydrogen (secondary N) is 1. The number of hydrogen-bond acceptors (Lipinski definition) is 4. The Labute approximate surface area is 114 Å². The molecule has 1 aromatic heterocycles. The van der Waals surface area contributed by atoms with Crippen LogP contribution in [0.5, 0.6) is 0 Å². The van der Waals surface area contributed by atoms with Gasteiger partial charge in [-0.05, 0) is 32.9 Å². The average Bonchev–Trinajstić information content (AvgIpc) is 2.28. The van der Waals surface area contributed by atoms with E-state index in [1.165, 1.54) is 18.0 Å². The molecular formula is C14H23N3S. The Balaban J connectivity index is 1.98. The van der Waals surface area contributed by atoms with Gasteiger partial charge >= 0.3 is 0 Å². The van der Waals surface area contributed by atoms with Crippen molar-refractivity contribution >= 4 is 17.4 Å². The number of pyridine rings is 1. The topological polar surface area (TPSA) is 28.2 Å². The van der Waals surface area contributed by atoms with Crippen molar-refractivity contribution in [2.75, 3.05) is 30.7 Å². The van der Waals surface area contributed by atoms with Crippen molar-refractivity contribution < 1.29 is 0 Å². The highest BCUT2D eigenvalue weighted by molar-refractivity contribution is 8.00. The van der Waals surface area contributed by atoms with Gasteiger partial charge in [0.25, 0.3) is 0 Å². The quantitative estimate of drug-likeness (QED) is 0.906. The molecule has 3 nitrogen and oxygen atoms in total. The standard InChI is InChI=1S/C14H23N3S/c1-4-15-12-5-6-16-13(9-12)10-17-7-8-18-14(2,3)11-17/h5-6,9H,4,7-8,10-11H2,1-3H3,(H,15,16). The van der Waals surface area contributed by atoms with Gasteiger partial charge in [-0.2, -0.15) is 11.8 Å². The molecule has 0 atom stereocenters. The van der Waals surface area contributed by atoms with Crippen LogP contribution < -0.4 is 5.32 Å². The first-order valence-corrected chi connectivity index (χ1v) is 7.63. The van der Waals surface area contributed by atoms with Crippen molar-refractivity contribution in [3.05, 3.63) is 24.0 Å². The monoisotopic (exact) mass is 265 g/mol. The summed E-state index contributed by atoms with van der Waals surface area (Å²) in [6.45, 7) is 11.0. The Morgan fingerprint density at radius 2 is 2.33 bits per heavy atom.